The van der Waals surface area contributed by atoms with E-state index in [1.54, 1.807) is 45.2 Å². The van der Waals surface area contributed by atoms with Gasteiger partial charge in [-0.2, -0.15) is 0 Å². The number of aromatic nitrogens is 1. The summed E-state index contributed by atoms with van der Waals surface area (Å²) in [5.41, 5.74) is 7.13. The van der Waals surface area contributed by atoms with Crippen molar-refractivity contribution in [3.63, 3.8) is 0 Å². The van der Waals surface area contributed by atoms with E-state index in [0.717, 1.165) is 16.5 Å². The van der Waals surface area contributed by atoms with Crippen molar-refractivity contribution in [2.45, 2.75) is 38.8 Å². The maximum atomic E-state index is 11.9. The lowest BCUT2D eigenvalue weighted by molar-refractivity contribution is -0.156. The number of fused-ring (bicyclic) bond motifs is 1. The number of carbonyl (C=O) groups excluding carboxylic acids is 1. The monoisotopic (exact) mass is 276 g/mol. The number of aromatic amines is 1. The lowest BCUT2D eigenvalue weighted by atomic mass is 10.1. The molecule has 0 fully saturated rings. The molecule has 1 aromatic carbocycles. The molecule has 0 aliphatic heterocycles. The Balaban J connectivity index is 2.15. The van der Waals surface area contributed by atoms with E-state index < -0.39 is 17.6 Å². The number of nitrogens with two attached hydrogens (primary N) is 1. The fourth-order valence-electron chi connectivity index (χ4n) is 2.03. The Morgan fingerprint density at radius 3 is 2.80 bits per heavy atom. The minimum atomic E-state index is -0.726. The molecule has 0 radical (unpaired) electrons. The molecule has 108 valence electrons. The summed E-state index contributed by atoms with van der Waals surface area (Å²) in [7, 11) is 0. The van der Waals surface area contributed by atoms with E-state index in [0.29, 0.717) is 6.42 Å². The first-order valence-corrected chi connectivity index (χ1v) is 6.54. The lowest BCUT2D eigenvalue weighted by Gasteiger charge is -2.22. The molecule has 20 heavy (non-hydrogen) atoms. The fraction of sp³-hybridized carbons (Fsp3) is 0.400. The van der Waals surface area contributed by atoms with Crippen LogP contribution >= 0.6 is 0 Å². The Morgan fingerprint density at radius 1 is 1.45 bits per heavy atom. The van der Waals surface area contributed by atoms with Crippen LogP contribution in [0.5, 0.6) is 5.75 Å². The Labute approximate surface area is 117 Å². The summed E-state index contributed by atoms with van der Waals surface area (Å²) in [5, 5.41) is 10.4. The number of ether oxygens (including phenoxy) is 1. The van der Waals surface area contributed by atoms with Gasteiger partial charge in [-0.1, -0.05) is 0 Å². The second kappa shape index (κ2) is 5.17. The van der Waals surface area contributed by atoms with Crippen LogP contribution in [0.3, 0.4) is 0 Å². The first-order valence-electron chi connectivity index (χ1n) is 6.54. The summed E-state index contributed by atoms with van der Waals surface area (Å²) in [4.78, 5) is 15.0. The molecule has 1 atom stereocenters. The molecule has 0 aliphatic carbocycles. The lowest BCUT2D eigenvalue weighted by Crippen LogP contribution is -2.38. The van der Waals surface area contributed by atoms with E-state index in [1.807, 2.05) is 0 Å². The molecule has 5 nitrogen and oxygen atoms in total. The zero-order valence-corrected chi connectivity index (χ0v) is 11.9. The number of phenolic OH excluding ortho intramolecular Hbond substituents is 1. The molecule has 1 heterocycles. The molecule has 5 heteroatoms. The summed E-state index contributed by atoms with van der Waals surface area (Å²) >= 11 is 0. The van der Waals surface area contributed by atoms with Crippen LogP contribution in [0.2, 0.25) is 0 Å². The van der Waals surface area contributed by atoms with Gasteiger partial charge in [0.2, 0.25) is 0 Å². The van der Waals surface area contributed by atoms with Gasteiger partial charge in [-0.15, -0.1) is 0 Å². The van der Waals surface area contributed by atoms with Gasteiger partial charge in [0.25, 0.3) is 0 Å². The Hall–Kier alpha value is -2.01. The quantitative estimate of drug-likeness (QED) is 0.749. The predicted octanol–water partition coefficient (Wildman–Crippen LogP) is 2.08. The number of phenols is 1. The molecular formula is C15H20N2O3. The molecule has 1 aromatic heterocycles. The average Bonchev–Trinajstić information content (AvgIpc) is 2.69. The minimum absolute atomic E-state index is 0.184. The summed E-state index contributed by atoms with van der Waals surface area (Å²) in [6.45, 7) is 5.42. The molecule has 0 spiro atoms. The highest BCUT2D eigenvalue weighted by molar-refractivity contribution is 5.85. The van der Waals surface area contributed by atoms with Crippen LogP contribution in [-0.4, -0.2) is 27.7 Å². The van der Waals surface area contributed by atoms with Gasteiger partial charge in [0, 0.05) is 23.5 Å². The maximum absolute atomic E-state index is 11.9. The van der Waals surface area contributed by atoms with Gasteiger partial charge < -0.3 is 20.6 Å². The van der Waals surface area contributed by atoms with Crippen molar-refractivity contribution in [1.82, 2.24) is 4.98 Å². The second-order valence-electron chi connectivity index (χ2n) is 5.89. The third-order valence-electron chi connectivity index (χ3n) is 2.90. The van der Waals surface area contributed by atoms with E-state index in [-0.39, 0.29) is 5.75 Å². The first-order chi connectivity index (χ1) is 9.26. The highest BCUT2D eigenvalue weighted by Gasteiger charge is 2.23. The highest BCUT2D eigenvalue weighted by Crippen LogP contribution is 2.24. The molecule has 2 rings (SSSR count). The van der Waals surface area contributed by atoms with E-state index in [2.05, 4.69) is 4.98 Å². The molecule has 0 bridgehead atoms. The van der Waals surface area contributed by atoms with Crippen LogP contribution in [0, 0.1) is 0 Å². The van der Waals surface area contributed by atoms with Gasteiger partial charge in [-0.25, -0.2) is 0 Å². The van der Waals surface area contributed by atoms with Gasteiger partial charge in [0.05, 0.1) is 0 Å². The van der Waals surface area contributed by atoms with E-state index in [4.69, 9.17) is 10.5 Å². The van der Waals surface area contributed by atoms with Crippen LogP contribution in [-0.2, 0) is 16.0 Å². The molecule has 4 N–H and O–H groups in total. The number of hydrogen-bond acceptors (Lipinski definition) is 4. The molecular weight excluding hydrogens is 256 g/mol. The Kier molecular flexibility index (Phi) is 3.72. The third-order valence-corrected chi connectivity index (χ3v) is 2.90. The van der Waals surface area contributed by atoms with E-state index >= 15 is 0 Å². The van der Waals surface area contributed by atoms with Crippen LogP contribution < -0.4 is 5.73 Å². The van der Waals surface area contributed by atoms with Gasteiger partial charge in [0.1, 0.15) is 17.4 Å². The summed E-state index contributed by atoms with van der Waals surface area (Å²) in [6.07, 6.45) is 2.16. The molecule has 0 saturated heterocycles. The molecule has 0 aliphatic rings. The zero-order chi connectivity index (χ0) is 14.9. The summed E-state index contributed by atoms with van der Waals surface area (Å²) < 4.78 is 5.26. The molecule has 0 saturated carbocycles. The smallest absolute Gasteiger partial charge is 0.323 e. The van der Waals surface area contributed by atoms with Gasteiger partial charge in [0.15, 0.2) is 0 Å². The Morgan fingerprint density at radius 2 is 2.15 bits per heavy atom. The van der Waals surface area contributed by atoms with Crippen molar-refractivity contribution >= 4 is 16.9 Å². The number of rotatable bonds is 3. The summed E-state index contributed by atoms with van der Waals surface area (Å²) in [6, 6.07) is 4.32. The van der Waals surface area contributed by atoms with Crippen molar-refractivity contribution in [1.29, 1.82) is 0 Å². The normalized spacial score (nSPS) is 13.4. The Bertz CT molecular complexity index is 626. The molecule has 2 aromatic rings. The fourth-order valence-corrected chi connectivity index (χ4v) is 2.03. The highest BCUT2D eigenvalue weighted by atomic mass is 16.6. The van der Waals surface area contributed by atoms with Crippen molar-refractivity contribution in [2.75, 3.05) is 0 Å². The molecule has 0 amide bonds. The second-order valence-corrected chi connectivity index (χ2v) is 5.89. The zero-order valence-electron chi connectivity index (χ0n) is 11.9. The van der Waals surface area contributed by atoms with E-state index in [9.17, 15) is 9.90 Å². The first kappa shape index (κ1) is 14.4. The standard InChI is InChI=1S/C15H20N2O3/c1-15(2,3)20-14(19)12(16)6-9-8-17-13-5-4-10(18)7-11(9)13/h4-5,7-8,12,17-18H,6,16H2,1-3H3/t12-/m0/s1. The third kappa shape index (κ3) is 3.30. The van der Waals surface area contributed by atoms with Gasteiger partial charge >= 0.3 is 5.97 Å². The average molecular weight is 276 g/mol. The van der Waals surface area contributed by atoms with Crippen molar-refractivity contribution in [3.05, 3.63) is 30.0 Å². The van der Waals surface area contributed by atoms with Crippen LogP contribution in [0.4, 0.5) is 0 Å². The SMILES string of the molecule is CC(C)(C)OC(=O)[C@@H](N)Cc1c[nH]c2ccc(O)cc12. The number of nitrogens with one attached hydrogen (secondary N) is 1. The number of aromatic hydroxyl groups is 1. The maximum Gasteiger partial charge on any atom is 0.323 e. The largest absolute Gasteiger partial charge is 0.508 e. The van der Waals surface area contributed by atoms with Crippen LogP contribution in [0.1, 0.15) is 26.3 Å². The van der Waals surface area contributed by atoms with Gasteiger partial charge in [-0.05, 0) is 44.5 Å². The van der Waals surface area contributed by atoms with Crippen LogP contribution in [0.15, 0.2) is 24.4 Å². The number of H-pyrrole nitrogens is 1. The number of hydrogen-bond donors (Lipinski definition) is 3. The van der Waals surface area contributed by atoms with Gasteiger partial charge in [-0.3, -0.25) is 4.79 Å². The van der Waals surface area contributed by atoms with E-state index in [1.165, 1.54) is 0 Å². The van der Waals surface area contributed by atoms with Crippen molar-refractivity contribution in [2.24, 2.45) is 5.73 Å². The summed E-state index contributed by atoms with van der Waals surface area (Å²) in [5.74, 6) is -0.240. The number of carbonyl (C=O) groups is 1. The van der Waals surface area contributed by atoms with Crippen molar-refractivity contribution in [3.8, 4) is 5.75 Å². The number of benzene rings is 1. The predicted molar refractivity (Wildman–Crippen MR) is 77.5 cm³/mol. The topological polar surface area (TPSA) is 88.3 Å². The molecule has 0 unspecified atom stereocenters. The number of esters is 1. The minimum Gasteiger partial charge on any atom is -0.508 e. The van der Waals surface area contributed by atoms with Crippen molar-refractivity contribution < 1.29 is 14.6 Å². The van der Waals surface area contributed by atoms with Crippen LogP contribution in [0.25, 0.3) is 10.9 Å².